The van der Waals surface area contributed by atoms with Crippen LogP contribution in [-0.2, 0) is 4.74 Å². The van der Waals surface area contributed by atoms with Crippen molar-refractivity contribution in [2.24, 2.45) is 0 Å². The zero-order valence-electron chi connectivity index (χ0n) is 9.12. The number of ether oxygens (including phenoxy) is 1. The van der Waals surface area contributed by atoms with Crippen molar-refractivity contribution < 1.29 is 9.53 Å². The summed E-state index contributed by atoms with van der Waals surface area (Å²) in [4.78, 5) is 26.6. The van der Waals surface area contributed by atoms with Crippen molar-refractivity contribution in [1.29, 1.82) is 0 Å². The molecule has 0 saturated carbocycles. The maximum absolute atomic E-state index is 12.1. The van der Waals surface area contributed by atoms with E-state index in [4.69, 9.17) is 4.74 Å². The molecule has 0 unspecified atom stereocenters. The molecule has 0 amide bonds. The standard InChI is InChI=1S/C12H10BrNO3/c1-2-17-12(16)7-6-14-9-5-3-4-8(13)10(9)11(7)15/h3-6H,2H2,1H3,(H,14,15). The van der Waals surface area contributed by atoms with Crippen LogP contribution in [0, 0.1) is 0 Å². The number of benzene rings is 1. The smallest absolute Gasteiger partial charge is 0.343 e. The van der Waals surface area contributed by atoms with E-state index in [-0.39, 0.29) is 17.6 Å². The summed E-state index contributed by atoms with van der Waals surface area (Å²) in [7, 11) is 0. The van der Waals surface area contributed by atoms with Crippen molar-refractivity contribution in [1.82, 2.24) is 4.98 Å². The minimum absolute atomic E-state index is 0.0197. The molecule has 1 heterocycles. The highest BCUT2D eigenvalue weighted by molar-refractivity contribution is 9.10. The molecular weight excluding hydrogens is 286 g/mol. The number of esters is 1. The number of nitrogens with one attached hydrogen (secondary N) is 1. The van der Waals surface area contributed by atoms with Crippen LogP contribution in [0.5, 0.6) is 0 Å². The molecule has 0 fully saturated rings. The number of hydrogen-bond donors (Lipinski definition) is 1. The maximum Gasteiger partial charge on any atom is 0.343 e. The van der Waals surface area contributed by atoms with Crippen molar-refractivity contribution in [3.8, 4) is 0 Å². The maximum atomic E-state index is 12.1. The average molecular weight is 296 g/mol. The first kappa shape index (κ1) is 11.9. The second kappa shape index (κ2) is 4.71. The van der Waals surface area contributed by atoms with Crippen molar-refractivity contribution >= 4 is 32.8 Å². The number of halogens is 1. The highest BCUT2D eigenvalue weighted by atomic mass is 79.9. The molecule has 2 aromatic rings. The Labute approximate surface area is 106 Å². The van der Waals surface area contributed by atoms with Gasteiger partial charge in [-0.15, -0.1) is 0 Å². The third-order valence-electron chi connectivity index (χ3n) is 2.35. The highest BCUT2D eigenvalue weighted by Gasteiger charge is 2.14. The monoisotopic (exact) mass is 295 g/mol. The summed E-state index contributed by atoms with van der Waals surface area (Å²) in [6.45, 7) is 1.94. The van der Waals surface area contributed by atoms with Gasteiger partial charge in [0.15, 0.2) is 0 Å². The van der Waals surface area contributed by atoms with Crippen LogP contribution in [0.3, 0.4) is 0 Å². The Kier molecular flexibility index (Phi) is 3.28. The van der Waals surface area contributed by atoms with E-state index in [0.29, 0.717) is 15.4 Å². The highest BCUT2D eigenvalue weighted by Crippen LogP contribution is 2.19. The number of carbonyl (C=O) groups excluding carboxylic acids is 1. The molecule has 0 atom stereocenters. The van der Waals surface area contributed by atoms with E-state index in [0.717, 1.165) is 0 Å². The van der Waals surface area contributed by atoms with E-state index in [2.05, 4.69) is 20.9 Å². The molecule has 2 rings (SSSR count). The fraction of sp³-hybridized carbons (Fsp3) is 0.167. The number of aromatic amines is 1. The Bertz CT molecular complexity index is 633. The predicted octanol–water partition coefficient (Wildman–Crippen LogP) is 2.47. The number of aromatic nitrogens is 1. The molecule has 0 saturated heterocycles. The van der Waals surface area contributed by atoms with Gasteiger partial charge in [-0.05, 0) is 35.0 Å². The van der Waals surface area contributed by atoms with Gasteiger partial charge in [0.25, 0.3) is 0 Å². The SMILES string of the molecule is CCOC(=O)c1c[nH]c2cccc(Br)c2c1=O. The summed E-state index contributed by atoms with van der Waals surface area (Å²) in [6, 6.07) is 5.34. The van der Waals surface area contributed by atoms with E-state index < -0.39 is 5.97 Å². The van der Waals surface area contributed by atoms with Crippen LogP contribution >= 0.6 is 15.9 Å². The van der Waals surface area contributed by atoms with Gasteiger partial charge in [0, 0.05) is 10.7 Å². The van der Waals surface area contributed by atoms with Crippen molar-refractivity contribution in [2.75, 3.05) is 6.61 Å². The lowest BCUT2D eigenvalue weighted by Gasteiger charge is -2.04. The largest absolute Gasteiger partial charge is 0.462 e. The first-order valence-corrected chi connectivity index (χ1v) is 5.91. The summed E-state index contributed by atoms with van der Waals surface area (Å²) in [5, 5.41) is 0.457. The van der Waals surface area contributed by atoms with Crippen molar-refractivity contribution in [2.45, 2.75) is 6.92 Å². The molecule has 88 valence electrons. The third kappa shape index (κ3) is 2.10. The number of fused-ring (bicyclic) bond motifs is 1. The fourth-order valence-corrected chi connectivity index (χ4v) is 2.13. The van der Waals surface area contributed by atoms with Gasteiger partial charge in [-0.1, -0.05) is 6.07 Å². The predicted molar refractivity (Wildman–Crippen MR) is 68.2 cm³/mol. The molecule has 0 aliphatic carbocycles. The van der Waals surface area contributed by atoms with Crippen LogP contribution in [0.25, 0.3) is 10.9 Å². The van der Waals surface area contributed by atoms with Crippen LogP contribution in [0.2, 0.25) is 0 Å². The lowest BCUT2D eigenvalue weighted by atomic mass is 10.1. The van der Waals surface area contributed by atoms with Gasteiger partial charge in [-0.3, -0.25) is 4.79 Å². The Morgan fingerprint density at radius 1 is 1.47 bits per heavy atom. The summed E-state index contributed by atoms with van der Waals surface area (Å²) in [6.07, 6.45) is 1.38. The van der Waals surface area contributed by atoms with E-state index in [1.807, 2.05) is 6.07 Å². The molecule has 1 aromatic carbocycles. The fourth-order valence-electron chi connectivity index (χ4n) is 1.59. The minimum atomic E-state index is -0.605. The Balaban J connectivity index is 2.69. The number of carbonyl (C=O) groups is 1. The number of hydrogen-bond acceptors (Lipinski definition) is 3. The zero-order valence-corrected chi connectivity index (χ0v) is 10.7. The van der Waals surface area contributed by atoms with Crippen molar-refractivity contribution in [3.63, 3.8) is 0 Å². The van der Waals surface area contributed by atoms with Gasteiger partial charge in [0.05, 0.1) is 17.5 Å². The normalized spacial score (nSPS) is 10.5. The van der Waals surface area contributed by atoms with Crippen LogP contribution in [0.1, 0.15) is 17.3 Å². The van der Waals surface area contributed by atoms with E-state index in [1.165, 1.54) is 6.20 Å². The van der Waals surface area contributed by atoms with Gasteiger partial charge in [0.1, 0.15) is 5.56 Å². The molecule has 0 aliphatic rings. The molecule has 5 heteroatoms. The van der Waals surface area contributed by atoms with Gasteiger partial charge in [-0.2, -0.15) is 0 Å². The number of pyridine rings is 1. The molecule has 17 heavy (non-hydrogen) atoms. The summed E-state index contributed by atoms with van der Waals surface area (Å²) < 4.78 is 5.48. The zero-order chi connectivity index (χ0) is 12.4. The Morgan fingerprint density at radius 2 is 2.24 bits per heavy atom. The second-order valence-corrected chi connectivity index (χ2v) is 4.27. The van der Waals surface area contributed by atoms with E-state index in [1.54, 1.807) is 19.1 Å². The molecule has 0 radical (unpaired) electrons. The third-order valence-corrected chi connectivity index (χ3v) is 3.01. The first-order valence-electron chi connectivity index (χ1n) is 5.12. The minimum Gasteiger partial charge on any atom is -0.462 e. The lowest BCUT2D eigenvalue weighted by Crippen LogP contribution is -2.18. The van der Waals surface area contributed by atoms with Crippen molar-refractivity contribution in [3.05, 3.63) is 44.7 Å². The Hall–Kier alpha value is -1.62. The van der Waals surface area contributed by atoms with Gasteiger partial charge in [-0.25, -0.2) is 4.79 Å². The average Bonchev–Trinajstić information content (AvgIpc) is 2.29. The molecular formula is C12H10BrNO3. The van der Waals surface area contributed by atoms with Gasteiger partial charge < -0.3 is 9.72 Å². The summed E-state index contributed by atoms with van der Waals surface area (Å²) >= 11 is 3.30. The number of rotatable bonds is 2. The quantitative estimate of drug-likeness (QED) is 0.866. The van der Waals surface area contributed by atoms with E-state index in [9.17, 15) is 9.59 Å². The molecule has 1 N–H and O–H groups in total. The van der Waals surface area contributed by atoms with Crippen LogP contribution in [0.4, 0.5) is 0 Å². The van der Waals surface area contributed by atoms with Gasteiger partial charge in [0.2, 0.25) is 5.43 Å². The molecule has 4 nitrogen and oxygen atoms in total. The van der Waals surface area contributed by atoms with Crippen LogP contribution < -0.4 is 5.43 Å². The molecule has 0 spiro atoms. The van der Waals surface area contributed by atoms with Crippen LogP contribution in [-0.4, -0.2) is 17.6 Å². The van der Waals surface area contributed by atoms with Crippen LogP contribution in [0.15, 0.2) is 33.7 Å². The summed E-state index contributed by atoms with van der Waals surface area (Å²) in [5.41, 5.74) is 0.369. The van der Waals surface area contributed by atoms with E-state index >= 15 is 0 Å². The molecule has 0 bridgehead atoms. The first-order chi connectivity index (χ1) is 8.15. The lowest BCUT2D eigenvalue weighted by molar-refractivity contribution is 0.0524. The molecule has 0 aliphatic heterocycles. The number of H-pyrrole nitrogens is 1. The summed E-state index contributed by atoms with van der Waals surface area (Å²) in [5.74, 6) is -0.605. The van der Waals surface area contributed by atoms with Gasteiger partial charge >= 0.3 is 5.97 Å². The topological polar surface area (TPSA) is 59.2 Å². The Morgan fingerprint density at radius 3 is 2.94 bits per heavy atom. The second-order valence-electron chi connectivity index (χ2n) is 3.41. The molecule has 1 aromatic heterocycles.